The molecule has 8 nitrogen and oxygen atoms in total. The zero-order chi connectivity index (χ0) is 22.7. The summed E-state index contributed by atoms with van der Waals surface area (Å²) in [6, 6.07) is 12.4. The smallest absolute Gasteiger partial charge is 0.352 e. The lowest BCUT2D eigenvalue weighted by Gasteiger charge is -2.14. The van der Waals surface area contributed by atoms with Crippen LogP contribution in [0.3, 0.4) is 0 Å². The van der Waals surface area contributed by atoms with Gasteiger partial charge in [-0.3, -0.25) is 14.2 Å². The average molecular weight is 438 g/mol. The number of halogens is 1. The van der Waals surface area contributed by atoms with Crippen LogP contribution < -0.4 is 16.6 Å². The number of nitrogens with zero attached hydrogens (tertiary/aromatic N) is 3. The number of hydrogen-bond acceptors (Lipinski definition) is 5. The third-order valence-corrected chi connectivity index (χ3v) is 5.32. The minimum absolute atomic E-state index is 0.108. The Morgan fingerprint density at radius 3 is 2.53 bits per heavy atom. The standard InChI is InChI=1S/C23H23FN4O4/c1-15-4-10-18(11-5-15)28-23(31)27(14-16-6-8-17(24)9-7-16)22(30)20(26-28)21(29)25-13-19-3-2-12-32-19/h4-11,19H,2-3,12-14H2,1H3,(H,25,29)/t19-/m0/s1. The zero-order valence-electron chi connectivity index (χ0n) is 17.6. The van der Waals surface area contributed by atoms with Gasteiger partial charge in [-0.15, -0.1) is 0 Å². The number of carbonyl (C=O) groups is 1. The van der Waals surface area contributed by atoms with E-state index in [1.54, 1.807) is 24.3 Å². The SMILES string of the molecule is Cc1ccc(-n2nc(C(=O)NC[C@@H]3CCCO3)c(=O)n(Cc3ccc(F)cc3)c2=O)cc1. The van der Waals surface area contributed by atoms with E-state index >= 15 is 0 Å². The van der Waals surface area contributed by atoms with Gasteiger partial charge in [-0.25, -0.2) is 9.18 Å². The number of benzene rings is 2. The van der Waals surface area contributed by atoms with Crippen molar-refractivity contribution in [3.05, 3.63) is 92.0 Å². The van der Waals surface area contributed by atoms with E-state index < -0.39 is 28.7 Å². The molecule has 1 atom stereocenters. The van der Waals surface area contributed by atoms with Crippen LogP contribution in [-0.2, 0) is 11.3 Å². The maximum absolute atomic E-state index is 13.3. The molecule has 166 valence electrons. The molecule has 0 unspecified atom stereocenters. The molecule has 1 N–H and O–H groups in total. The van der Waals surface area contributed by atoms with E-state index in [-0.39, 0.29) is 19.2 Å². The van der Waals surface area contributed by atoms with Crippen molar-refractivity contribution >= 4 is 5.91 Å². The fourth-order valence-corrected chi connectivity index (χ4v) is 3.52. The van der Waals surface area contributed by atoms with Gasteiger partial charge in [0.2, 0.25) is 5.69 Å². The molecule has 1 amide bonds. The largest absolute Gasteiger partial charge is 0.376 e. The lowest BCUT2D eigenvalue weighted by molar-refractivity contribution is 0.0849. The van der Waals surface area contributed by atoms with Crippen molar-refractivity contribution < 1.29 is 13.9 Å². The lowest BCUT2D eigenvalue weighted by Crippen LogP contribution is -2.46. The summed E-state index contributed by atoms with van der Waals surface area (Å²) >= 11 is 0. The fourth-order valence-electron chi connectivity index (χ4n) is 3.52. The minimum Gasteiger partial charge on any atom is -0.376 e. The monoisotopic (exact) mass is 438 g/mol. The molecule has 3 aromatic rings. The predicted molar refractivity (Wildman–Crippen MR) is 116 cm³/mol. The summed E-state index contributed by atoms with van der Waals surface area (Å²) in [7, 11) is 0. The molecule has 1 aliphatic heterocycles. The zero-order valence-corrected chi connectivity index (χ0v) is 17.6. The third kappa shape index (κ3) is 4.67. The van der Waals surface area contributed by atoms with E-state index in [4.69, 9.17) is 4.74 Å². The Hall–Kier alpha value is -3.59. The Bertz CT molecular complexity index is 1230. The molecule has 2 aromatic carbocycles. The molecule has 9 heteroatoms. The summed E-state index contributed by atoms with van der Waals surface area (Å²) in [4.78, 5) is 39.0. The Morgan fingerprint density at radius 1 is 1.16 bits per heavy atom. The molecule has 0 bridgehead atoms. The van der Waals surface area contributed by atoms with Crippen LogP contribution in [0.2, 0.25) is 0 Å². The van der Waals surface area contributed by atoms with Gasteiger partial charge in [-0.1, -0.05) is 29.8 Å². The predicted octanol–water partition coefficient (Wildman–Crippen LogP) is 1.80. The number of aryl methyl sites for hydroxylation is 1. The highest BCUT2D eigenvalue weighted by molar-refractivity contribution is 5.91. The van der Waals surface area contributed by atoms with Gasteiger partial charge in [0.1, 0.15) is 5.82 Å². The number of hydrogen-bond donors (Lipinski definition) is 1. The first kappa shape index (κ1) is 21.6. The van der Waals surface area contributed by atoms with Crippen molar-refractivity contribution in [2.75, 3.05) is 13.2 Å². The molecule has 0 saturated carbocycles. The average Bonchev–Trinajstić information content (AvgIpc) is 3.31. The first-order valence-corrected chi connectivity index (χ1v) is 10.4. The maximum Gasteiger partial charge on any atom is 0.352 e. The molecular formula is C23H23FN4O4. The van der Waals surface area contributed by atoms with Crippen LogP contribution in [0.1, 0.15) is 34.5 Å². The lowest BCUT2D eigenvalue weighted by atomic mass is 10.2. The summed E-state index contributed by atoms with van der Waals surface area (Å²) < 4.78 is 20.7. The quantitative estimate of drug-likeness (QED) is 0.633. The van der Waals surface area contributed by atoms with Crippen LogP contribution in [0, 0.1) is 12.7 Å². The van der Waals surface area contributed by atoms with Gasteiger partial charge >= 0.3 is 5.69 Å². The molecular weight excluding hydrogens is 415 g/mol. The molecule has 0 radical (unpaired) electrons. The highest BCUT2D eigenvalue weighted by Gasteiger charge is 2.22. The molecule has 1 aromatic heterocycles. The first-order chi connectivity index (χ1) is 15.4. The van der Waals surface area contributed by atoms with Gasteiger partial charge in [0, 0.05) is 13.2 Å². The molecule has 1 fully saturated rings. The van der Waals surface area contributed by atoms with Gasteiger partial charge in [0.15, 0.2) is 0 Å². The van der Waals surface area contributed by atoms with E-state index in [1.165, 1.54) is 24.3 Å². The maximum atomic E-state index is 13.3. The van der Waals surface area contributed by atoms with Crippen LogP contribution in [0.4, 0.5) is 4.39 Å². The van der Waals surface area contributed by atoms with E-state index in [0.717, 1.165) is 27.7 Å². The van der Waals surface area contributed by atoms with Crippen LogP contribution in [0.5, 0.6) is 0 Å². The van der Waals surface area contributed by atoms with Crippen LogP contribution in [0.25, 0.3) is 5.69 Å². The third-order valence-electron chi connectivity index (χ3n) is 5.32. The van der Waals surface area contributed by atoms with Crippen molar-refractivity contribution in [1.29, 1.82) is 0 Å². The van der Waals surface area contributed by atoms with Gasteiger partial charge < -0.3 is 10.1 Å². The number of amides is 1. The summed E-state index contributed by atoms with van der Waals surface area (Å²) in [6.45, 7) is 2.67. The summed E-state index contributed by atoms with van der Waals surface area (Å²) in [5.41, 5.74) is 0.0345. The van der Waals surface area contributed by atoms with E-state index in [9.17, 15) is 18.8 Å². The molecule has 1 aliphatic rings. The van der Waals surface area contributed by atoms with Crippen molar-refractivity contribution in [2.24, 2.45) is 0 Å². The molecule has 0 spiro atoms. The fraction of sp³-hybridized carbons (Fsp3) is 0.304. The Kier molecular flexibility index (Phi) is 6.27. The number of aromatic nitrogens is 3. The summed E-state index contributed by atoms with van der Waals surface area (Å²) in [6.07, 6.45) is 1.64. The van der Waals surface area contributed by atoms with Gasteiger partial charge in [-0.05, 0) is 49.6 Å². The Balaban J connectivity index is 1.75. The van der Waals surface area contributed by atoms with Crippen LogP contribution in [-0.4, -0.2) is 39.5 Å². The number of ether oxygens (including phenoxy) is 1. The number of rotatable bonds is 6. The van der Waals surface area contributed by atoms with Gasteiger partial charge in [0.05, 0.1) is 18.3 Å². The summed E-state index contributed by atoms with van der Waals surface area (Å²) in [5, 5.41) is 6.77. The second-order valence-electron chi connectivity index (χ2n) is 7.74. The molecule has 1 saturated heterocycles. The number of nitrogens with one attached hydrogen (secondary N) is 1. The highest BCUT2D eigenvalue weighted by Crippen LogP contribution is 2.11. The van der Waals surface area contributed by atoms with Crippen molar-refractivity contribution in [3.8, 4) is 5.69 Å². The topological polar surface area (TPSA) is 95.2 Å². The normalized spacial score (nSPS) is 15.6. The molecule has 32 heavy (non-hydrogen) atoms. The second-order valence-corrected chi connectivity index (χ2v) is 7.74. The van der Waals surface area contributed by atoms with Gasteiger partial charge in [-0.2, -0.15) is 9.78 Å². The minimum atomic E-state index is -0.812. The van der Waals surface area contributed by atoms with Crippen molar-refractivity contribution in [2.45, 2.75) is 32.4 Å². The number of carbonyl (C=O) groups excluding carboxylic acids is 1. The van der Waals surface area contributed by atoms with E-state index in [0.29, 0.717) is 17.9 Å². The molecule has 2 heterocycles. The van der Waals surface area contributed by atoms with Crippen molar-refractivity contribution in [1.82, 2.24) is 19.7 Å². The van der Waals surface area contributed by atoms with E-state index in [2.05, 4.69) is 10.4 Å². The van der Waals surface area contributed by atoms with Crippen LogP contribution in [0.15, 0.2) is 58.1 Å². The van der Waals surface area contributed by atoms with E-state index in [1.807, 2.05) is 6.92 Å². The Morgan fingerprint density at radius 2 is 1.88 bits per heavy atom. The highest BCUT2D eigenvalue weighted by atomic mass is 19.1. The first-order valence-electron chi connectivity index (χ1n) is 10.4. The molecule has 4 rings (SSSR count). The van der Waals surface area contributed by atoms with Crippen LogP contribution >= 0.6 is 0 Å². The van der Waals surface area contributed by atoms with Crippen molar-refractivity contribution in [3.63, 3.8) is 0 Å². The second kappa shape index (κ2) is 9.27. The molecule has 0 aliphatic carbocycles. The Labute approximate surface area is 183 Å². The van der Waals surface area contributed by atoms with Gasteiger partial charge in [0.25, 0.3) is 11.5 Å². The summed E-state index contributed by atoms with van der Waals surface area (Å²) in [5.74, 6) is -1.11.